The summed E-state index contributed by atoms with van der Waals surface area (Å²) in [7, 11) is 0. The summed E-state index contributed by atoms with van der Waals surface area (Å²) in [4.78, 5) is 11.0. The van der Waals surface area contributed by atoms with E-state index in [4.69, 9.17) is 11.8 Å². The highest BCUT2D eigenvalue weighted by Gasteiger charge is 2.12. The standard InChI is InChI=1S/C8H8ClNO/c1-5-6(2)8(11)4-3-7(5)10-9/h3-4H,1-2H3/b10-7-. The lowest BCUT2D eigenvalue weighted by Gasteiger charge is -2.08. The Kier molecular flexibility index (Phi) is 2.25. The highest BCUT2D eigenvalue weighted by molar-refractivity contribution is 6.29. The summed E-state index contributed by atoms with van der Waals surface area (Å²) in [5.74, 6) is 0.0339. The Balaban J connectivity index is 3.14. The van der Waals surface area contributed by atoms with Crippen molar-refractivity contribution in [2.45, 2.75) is 13.8 Å². The third-order valence-corrected chi connectivity index (χ3v) is 1.98. The predicted molar refractivity (Wildman–Crippen MR) is 45.8 cm³/mol. The summed E-state index contributed by atoms with van der Waals surface area (Å²) in [5, 5.41) is 0. The molecule has 11 heavy (non-hydrogen) atoms. The summed E-state index contributed by atoms with van der Waals surface area (Å²) in [6.45, 7) is 3.60. The Morgan fingerprint density at radius 3 is 2.45 bits per heavy atom. The summed E-state index contributed by atoms with van der Waals surface area (Å²) in [6.07, 6.45) is 3.10. The molecule has 1 aliphatic rings. The lowest BCUT2D eigenvalue weighted by molar-refractivity contribution is -0.111. The van der Waals surface area contributed by atoms with Gasteiger partial charge in [0.25, 0.3) is 0 Å². The molecule has 0 saturated heterocycles. The molecule has 0 aliphatic heterocycles. The van der Waals surface area contributed by atoms with Crippen LogP contribution >= 0.6 is 11.8 Å². The molecule has 0 aromatic carbocycles. The quantitative estimate of drug-likeness (QED) is 0.511. The molecule has 0 heterocycles. The van der Waals surface area contributed by atoms with E-state index < -0.39 is 0 Å². The van der Waals surface area contributed by atoms with Gasteiger partial charge in [0, 0.05) is 17.3 Å². The van der Waals surface area contributed by atoms with Gasteiger partial charge in [-0.1, -0.05) is 0 Å². The average Bonchev–Trinajstić information content (AvgIpc) is 2.01. The zero-order valence-electron chi connectivity index (χ0n) is 6.39. The molecule has 0 radical (unpaired) electrons. The SMILES string of the molecule is CC1=C(C)/C(=N\Cl)C=CC1=O. The topological polar surface area (TPSA) is 29.4 Å². The molecule has 0 unspecified atom stereocenters. The van der Waals surface area contributed by atoms with Crippen molar-refractivity contribution >= 4 is 23.3 Å². The highest BCUT2D eigenvalue weighted by atomic mass is 35.5. The summed E-state index contributed by atoms with van der Waals surface area (Å²) in [5.41, 5.74) is 2.24. The summed E-state index contributed by atoms with van der Waals surface area (Å²) >= 11 is 5.28. The van der Waals surface area contributed by atoms with E-state index in [9.17, 15) is 4.79 Å². The second kappa shape index (κ2) is 3.01. The van der Waals surface area contributed by atoms with Crippen LogP contribution < -0.4 is 0 Å². The van der Waals surface area contributed by atoms with Crippen molar-refractivity contribution in [1.82, 2.24) is 0 Å². The second-order valence-electron chi connectivity index (χ2n) is 2.42. The molecule has 0 atom stereocenters. The average molecular weight is 170 g/mol. The third-order valence-electron chi connectivity index (χ3n) is 1.80. The van der Waals surface area contributed by atoms with Crippen LogP contribution in [-0.2, 0) is 4.79 Å². The maximum Gasteiger partial charge on any atom is 0.181 e. The lowest BCUT2D eigenvalue weighted by atomic mass is 9.97. The molecule has 0 N–H and O–H groups in total. The fraction of sp³-hybridized carbons (Fsp3) is 0.250. The molecule has 0 saturated carbocycles. The molecule has 0 spiro atoms. The van der Waals surface area contributed by atoms with E-state index in [0.717, 1.165) is 5.57 Å². The third kappa shape index (κ3) is 1.40. The van der Waals surface area contributed by atoms with Crippen LogP contribution in [0.5, 0.6) is 0 Å². The van der Waals surface area contributed by atoms with E-state index in [1.807, 2.05) is 6.92 Å². The minimum Gasteiger partial charge on any atom is -0.290 e. The molecule has 3 heteroatoms. The maximum absolute atomic E-state index is 11.0. The highest BCUT2D eigenvalue weighted by Crippen LogP contribution is 2.14. The zero-order valence-corrected chi connectivity index (χ0v) is 7.14. The van der Waals surface area contributed by atoms with Crippen molar-refractivity contribution in [2.24, 2.45) is 4.51 Å². The molecular formula is C8H8ClNO. The molecule has 0 amide bonds. The number of carbonyl (C=O) groups excluding carboxylic acids is 1. The normalized spacial score (nSPS) is 21.7. The first kappa shape index (κ1) is 8.21. The lowest BCUT2D eigenvalue weighted by Crippen LogP contribution is -2.09. The summed E-state index contributed by atoms with van der Waals surface area (Å²) < 4.78 is 3.51. The van der Waals surface area contributed by atoms with Crippen molar-refractivity contribution in [3.8, 4) is 0 Å². The Labute approximate surface area is 70.4 Å². The van der Waals surface area contributed by atoms with Crippen molar-refractivity contribution < 1.29 is 4.79 Å². The van der Waals surface area contributed by atoms with Gasteiger partial charge in [0.15, 0.2) is 5.78 Å². The molecule has 1 rings (SSSR count). The van der Waals surface area contributed by atoms with Gasteiger partial charge in [0.2, 0.25) is 0 Å². The molecule has 1 aliphatic carbocycles. The van der Waals surface area contributed by atoms with Crippen LogP contribution in [0.15, 0.2) is 27.8 Å². The molecule has 0 aromatic heterocycles. The van der Waals surface area contributed by atoms with Gasteiger partial charge in [-0.15, -0.1) is 0 Å². The van der Waals surface area contributed by atoms with E-state index in [2.05, 4.69) is 4.51 Å². The Morgan fingerprint density at radius 2 is 1.91 bits per heavy atom. The van der Waals surface area contributed by atoms with Crippen LogP contribution in [0.2, 0.25) is 0 Å². The fourth-order valence-corrected chi connectivity index (χ4v) is 1.06. The van der Waals surface area contributed by atoms with Crippen molar-refractivity contribution in [2.75, 3.05) is 0 Å². The number of ketones is 1. The smallest absolute Gasteiger partial charge is 0.181 e. The first-order valence-corrected chi connectivity index (χ1v) is 3.60. The number of carbonyl (C=O) groups is 1. The Bertz CT molecular complexity index is 286. The summed E-state index contributed by atoms with van der Waals surface area (Å²) in [6, 6.07) is 0. The number of nitrogens with zero attached hydrogens (tertiary/aromatic N) is 1. The van der Waals surface area contributed by atoms with E-state index in [1.165, 1.54) is 6.08 Å². The first-order chi connectivity index (χ1) is 5.16. The molecule has 0 fully saturated rings. The predicted octanol–water partition coefficient (Wildman–Crippen LogP) is 2.06. The monoisotopic (exact) mass is 169 g/mol. The zero-order chi connectivity index (χ0) is 8.43. The molecule has 0 bridgehead atoms. The van der Waals surface area contributed by atoms with Gasteiger partial charge in [-0.2, -0.15) is 4.51 Å². The van der Waals surface area contributed by atoms with E-state index >= 15 is 0 Å². The minimum absolute atomic E-state index is 0.0339. The largest absolute Gasteiger partial charge is 0.290 e. The van der Waals surface area contributed by atoms with Gasteiger partial charge in [-0.05, 0) is 31.6 Å². The molecule has 2 nitrogen and oxygen atoms in total. The molecule has 58 valence electrons. The number of allylic oxidation sites excluding steroid dienone is 4. The first-order valence-electron chi connectivity index (χ1n) is 3.26. The Morgan fingerprint density at radius 1 is 1.27 bits per heavy atom. The van der Waals surface area contributed by atoms with Gasteiger partial charge in [0.05, 0.1) is 5.71 Å². The second-order valence-corrected chi connectivity index (χ2v) is 2.59. The van der Waals surface area contributed by atoms with Gasteiger partial charge in [0.1, 0.15) is 0 Å². The van der Waals surface area contributed by atoms with Crippen LogP contribution in [0, 0.1) is 0 Å². The van der Waals surface area contributed by atoms with Gasteiger partial charge < -0.3 is 0 Å². The van der Waals surface area contributed by atoms with Crippen LogP contribution in [0.25, 0.3) is 0 Å². The maximum atomic E-state index is 11.0. The number of hydrogen-bond donors (Lipinski definition) is 0. The number of halogens is 1. The Hall–Kier alpha value is -0.890. The van der Waals surface area contributed by atoms with Crippen molar-refractivity contribution in [1.29, 1.82) is 0 Å². The van der Waals surface area contributed by atoms with Gasteiger partial charge >= 0.3 is 0 Å². The van der Waals surface area contributed by atoms with Gasteiger partial charge in [-0.3, -0.25) is 4.79 Å². The number of rotatable bonds is 0. The van der Waals surface area contributed by atoms with E-state index in [0.29, 0.717) is 11.3 Å². The fourth-order valence-electron chi connectivity index (χ4n) is 0.873. The minimum atomic E-state index is 0.0339. The van der Waals surface area contributed by atoms with E-state index in [-0.39, 0.29) is 5.78 Å². The van der Waals surface area contributed by atoms with Crippen molar-refractivity contribution in [3.05, 3.63) is 23.3 Å². The number of hydrogen-bond acceptors (Lipinski definition) is 2. The van der Waals surface area contributed by atoms with Crippen LogP contribution in [0.1, 0.15) is 13.8 Å². The molecule has 0 aromatic rings. The van der Waals surface area contributed by atoms with Crippen LogP contribution in [0.4, 0.5) is 0 Å². The van der Waals surface area contributed by atoms with Crippen LogP contribution in [0.3, 0.4) is 0 Å². The van der Waals surface area contributed by atoms with Crippen molar-refractivity contribution in [3.63, 3.8) is 0 Å². The van der Waals surface area contributed by atoms with Gasteiger partial charge in [-0.25, -0.2) is 0 Å². The molecular weight excluding hydrogens is 162 g/mol. The van der Waals surface area contributed by atoms with E-state index in [1.54, 1.807) is 13.0 Å². The van der Waals surface area contributed by atoms with Crippen LogP contribution in [-0.4, -0.2) is 11.5 Å².